The molecule has 0 saturated heterocycles. The summed E-state index contributed by atoms with van der Waals surface area (Å²) in [6.07, 6.45) is 0.860. The minimum Gasteiger partial charge on any atom is -0.495 e. The lowest BCUT2D eigenvalue weighted by Crippen LogP contribution is -2.40. The van der Waals surface area contributed by atoms with Crippen molar-refractivity contribution in [1.82, 2.24) is 9.99 Å². The molecule has 2 N–H and O–H groups in total. The minimum absolute atomic E-state index is 0.0926. The largest absolute Gasteiger partial charge is 0.495 e. The van der Waals surface area contributed by atoms with Crippen LogP contribution in [0.4, 0.5) is 5.69 Å². The van der Waals surface area contributed by atoms with E-state index >= 15 is 0 Å². The number of carbonyl (C=O) groups excluding carboxylic acids is 2. The van der Waals surface area contributed by atoms with Crippen molar-refractivity contribution in [2.24, 2.45) is 5.41 Å². The van der Waals surface area contributed by atoms with Crippen LogP contribution in [0.25, 0.3) is 5.69 Å². The fraction of sp³-hybridized carbons (Fsp3) is 0.240. The summed E-state index contributed by atoms with van der Waals surface area (Å²) in [7, 11) is 1.52. The van der Waals surface area contributed by atoms with E-state index in [-0.39, 0.29) is 16.8 Å². The predicted molar refractivity (Wildman–Crippen MR) is 123 cm³/mol. The van der Waals surface area contributed by atoms with E-state index in [1.807, 2.05) is 32.0 Å². The second-order valence-electron chi connectivity index (χ2n) is 8.62. The van der Waals surface area contributed by atoms with Crippen molar-refractivity contribution in [3.63, 3.8) is 0 Å². The summed E-state index contributed by atoms with van der Waals surface area (Å²) in [6.45, 7) is 3.99. The molecular weight excluding hydrogens is 406 g/mol. The Hall–Kier alpha value is -3.87. The Morgan fingerprint density at radius 3 is 2.41 bits per heavy atom. The van der Waals surface area contributed by atoms with Crippen molar-refractivity contribution in [2.45, 2.75) is 26.7 Å². The zero-order valence-corrected chi connectivity index (χ0v) is 18.3. The molecule has 1 aliphatic carbocycles. The highest BCUT2D eigenvalue weighted by molar-refractivity contribution is 6.02. The molecule has 1 aromatic heterocycles. The number of nitrogens with zero attached hydrogens (tertiary/aromatic N) is 1. The maximum Gasteiger partial charge on any atom is 0.275 e. The number of hydrogen-bond donors (Lipinski definition) is 2. The number of benzene rings is 2. The second kappa shape index (κ2) is 8.34. The number of ketones is 1. The number of para-hydroxylation sites is 3. The molecule has 2 aromatic carbocycles. The Bertz CT molecular complexity index is 1250. The average molecular weight is 431 g/mol. The Labute approximate surface area is 186 Å². The quantitative estimate of drug-likeness (QED) is 0.601. The molecule has 32 heavy (non-hydrogen) atoms. The van der Waals surface area contributed by atoms with Crippen molar-refractivity contribution in [3.05, 3.63) is 87.8 Å². The molecular formula is C25H25N3O4. The van der Waals surface area contributed by atoms with E-state index < -0.39 is 11.5 Å². The summed E-state index contributed by atoms with van der Waals surface area (Å²) in [4.78, 5) is 39.6. The second-order valence-corrected chi connectivity index (χ2v) is 8.62. The van der Waals surface area contributed by atoms with Gasteiger partial charge in [-0.1, -0.05) is 44.2 Å². The van der Waals surface area contributed by atoms with Crippen LogP contribution in [-0.4, -0.2) is 23.4 Å². The number of pyridine rings is 1. The Balaban J connectivity index is 1.86. The number of rotatable bonds is 5. The number of amides is 1. The van der Waals surface area contributed by atoms with E-state index in [4.69, 9.17) is 4.74 Å². The van der Waals surface area contributed by atoms with E-state index in [0.29, 0.717) is 41.2 Å². The van der Waals surface area contributed by atoms with Gasteiger partial charge in [0.05, 0.1) is 18.5 Å². The van der Waals surface area contributed by atoms with Gasteiger partial charge in [-0.2, -0.15) is 0 Å². The zero-order chi connectivity index (χ0) is 22.9. The first kappa shape index (κ1) is 21.4. The lowest BCUT2D eigenvalue weighted by Gasteiger charge is -2.32. The standard InChI is InChI=1S/C25H25N3O4/c1-25(2)14-20-17(21(29)15-25)13-18(23(30)27-26-16-9-5-4-6-10-16)24(31)28(20)19-11-7-8-12-22(19)32-3/h4-13,26H,14-15H2,1-3H3,(H,27,30). The fourth-order valence-electron chi connectivity index (χ4n) is 4.06. The average Bonchev–Trinajstić information content (AvgIpc) is 2.77. The lowest BCUT2D eigenvalue weighted by molar-refractivity contribution is 0.0908. The van der Waals surface area contributed by atoms with E-state index in [9.17, 15) is 14.4 Å². The van der Waals surface area contributed by atoms with E-state index in [1.165, 1.54) is 17.7 Å². The van der Waals surface area contributed by atoms with Crippen molar-refractivity contribution >= 4 is 17.4 Å². The summed E-state index contributed by atoms with van der Waals surface area (Å²) in [5.41, 5.74) is 6.56. The van der Waals surface area contributed by atoms with Crippen LogP contribution in [0.3, 0.4) is 0 Å². The Kier molecular flexibility index (Phi) is 5.57. The number of anilines is 1. The molecule has 4 rings (SSSR count). The van der Waals surface area contributed by atoms with Gasteiger partial charge in [0.15, 0.2) is 5.78 Å². The maximum atomic E-state index is 13.6. The summed E-state index contributed by atoms with van der Waals surface area (Å²) >= 11 is 0. The molecule has 164 valence electrons. The molecule has 1 heterocycles. The van der Waals surface area contributed by atoms with Gasteiger partial charge in [-0.05, 0) is 42.2 Å². The number of nitrogens with one attached hydrogen (secondary N) is 2. The smallest absolute Gasteiger partial charge is 0.275 e. The molecule has 7 nitrogen and oxygen atoms in total. The molecule has 0 atom stereocenters. The molecule has 7 heteroatoms. The van der Waals surface area contributed by atoms with Gasteiger partial charge in [0.2, 0.25) is 0 Å². The first-order valence-electron chi connectivity index (χ1n) is 10.4. The fourth-order valence-corrected chi connectivity index (χ4v) is 4.06. The number of fused-ring (bicyclic) bond motifs is 1. The highest BCUT2D eigenvalue weighted by Gasteiger charge is 2.35. The van der Waals surface area contributed by atoms with Crippen LogP contribution >= 0.6 is 0 Å². The number of ether oxygens (including phenoxy) is 1. The van der Waals surface area contributed by atoms with Crippen molar-refractivity contribution in [2.75, 3.05) is 12.5 Å². The first-order valence-corrected chi connectivity index (χ1v) is 10.4. The topological polar surface area (TPSA) is 89.4 Å². The van der Waals surface area contributed by atoms with Gasteiger partial charge < -0.3 is 4.74 Å². The van der Waals surface area contributed by atoms with E-state index in [0.717, 1.165) is 0 Å². The van der Waals surface area contributed by atoms with Gasteiger partial charge in [0, 0.05) is 17.7 Å². The van der Waals surface area contributed by atoms with E-state index in [2.05, 4.69) is 10.9 Å². The number of aromatic nitrogens is 1. The van der Waals surface area contributed by atoms with Gasteiger partial charge in [-0.3, -0.25) is 29.8 Å². The van der Waals surface area contributed by atoms with Crippen molar-refractivity contribution in [1.29, 1.82) is 0 Å². The summed E-state index contributed by atoms with van der Waals surface area (Å²) < 4.78 is 6.92. The van der Waals surface area contributed by atoms with Crippen molar-refractivity contribution in [3.8, 4) is 11.4 Å². The number of methoxy groups -OCH3 is 1. The van der Waals surface area contributed by atoms with Crippen LogP contribution in [0.1, 0.15) is 46.7 Å². The number of hydrogen-bond acceptors (Lipinski definition) is 5. The molecule has 0 saturated carbocycles. The molecule has 0 radical (unpaired) electrons. The van der Waals surface area contributed by atoms with Crippen LogP contribution < -0.4 is 21.1 Å². The highest BCUT2D eigenvalue weighted by atomic mass is 16.5. The highest BCUT2D eigenvalue weighted by Crippen LogP contribution is 2.36. The molecule has 3 aromatic rings. The molecule has 1 aliphatic rings. The Morgan fingerprint density at radius 2 is 1.69 bits per heavy atom. The predicted octanol–water partition coefficient (Wildman–Crippen LogP) is 3.76. The molecule has 1 amide bonds. The minimum atomic E-state index is -0.622. The first-order chi connectivity index (χ1) is 15.3. The molecule has 0 fully saturated rings. The lowest BCUT2D eigenvalue weighted by atomic mass is 9.75. The summed E-state index contributed by atoms with van der Waals surface area (Å²) in [5, 5.41) is 0. The van der Waals surface area contributed by atoms with Gasteiger partial charge in [-0.15, -0.1) is 0 Å². The molecule has 0 aliphatic heterocycles. The third-order valence-corrected chi connectivity index (χ3v) is 5.55. The Morgan fingerprint density at radius 1 is 1.00 bits per heavy atom. The van der Waals surface area contributed by atoms with Crippen molar-refractivity contribution < 1.29 is 14.3 Å². The van der Waals surface area contributed by atoms with E-state index in [1.54, 1.807) is 36.4 Å². The van der Waals surface area contributed by atoms with Crippen LogP contribution in [0, 0.1) is 5.41 Å². The summed E-state index contributed by atoms with van der Waals surface area (Å²) in [6, 6.07) is 17.6. The molecule has 0 bridgehead atoms. The number of hydrazine groups is 1. The van der Waals surface area contributed by atoms with Crippen LogP contribution in [0.15, 0.2) is 65.5 Å². The van der Waals surface area contributed by atoms with Crippen LogP contribution in [0.5, 0.6) is 5.75 Å². The maximum absolute atomic E-state index is 13.6. The van der Waals surface area contributed by atoms with Gasteiger partial charge in [-0.25, -0.2) is 0 Å². The zero-order valence-electron chi connectivity index (χ0n) is 18.3. The monoisotopic (exact) mass is 431 g/mol. The van der Waals surface area contributed by atoms with Crippen LogP contribution in [-0.2, 0) is 6.42 Å². The number of carbonyl (C=O) groups is 2. The van der Waals surface area contributed by atoms with Crippen LogP contribution in [0.2, 0.25) is 0 Å². The van der Waals surface area contributed by atoms with Gasteiger partial charge in [0.1, 0.15) is 11.3 Å². The van der Waals surface area contributed by atoms with Gasteiger partial charge >= 0.3 is 0 Å². The third kappa shape index (κ3) is 4.01. The normalized spacial score (nSPS) is 14.4. The third-order valence-electron chi connectivity index (χ3n) is 5.55. The summed E-state index contributed by atoms with van der Waals surface area (Å²) in [5.74, 6) is -0.236. The molecule has 0 unspecified atom stereocenters. The van der Waals surface area contributed by atoms with Gasteiger partial charge in [0.25, 0.3) is 11.5 Å². The SMILES string of the molecule is COc1ccccc1-n1c2c(cc(C(=O)NNc3ccccc3)c1=O)C(=O)CC(C)(C)C2. The molecule has 0 spiro atoms. The number of Topliss-reactive ketones (excluding diaryl/α,β-unsaturated/α-hetero) is 1.